The van der Waals surface area contributed by atoms with Gasteiger partial charge in [0.05, 0.1) is 17.9 Å². The standard InChI is InChI=1S/C27H26N6O4/c1-2-22-19-6-4-3-5-16(19)11-12-31(22)27(37)21-15-33(30-29-21)18-7-8-20-17(13-18)14-32(26(20)36)23-9-10-24(34)28-25(23)35/h3-8,13,15,22-23H,2,9-12,14H2,1H3,(H,28,34,35). The van der Waals surface area contributed by atoms with Crippen molar-refractivity contribution < 1.29 is 19.2 Å². The summed E-state index contributed by atoms with van der Waals surface area (Å²) in [5.41, 5.74) is 4.66. The zero-order chi connectivity index (χ0) is 25.7. The monoisotopic (exact) mass is 498 g/mol. The molecule has 10 nitrogen and oxygen atoms in total. The van der Waals surface area contributed by atoms with E-state index in [0.717, 1.165) is 18.4 Å². The molecule has 1 saturated heterocycles. The van der Waals surface area contributed by atoms with Crippen LogP contribution in [0.1, 0.15) is 69.8 Å². The molecule has 0 spiro atoms. The summed E-state index contributed by atoms with van der Waals surface area (Å²) in [6.07, 6.45) is 3.74. The number of fused-ring (bicyclic) bond motifs is 2. The number of nitrogens with zero attached hydrogens (tertiary/aromatic N) is 5. The summed E-state index contributed by atoms with van der Waals surface area (Å²) in [5.74, 6) is -1.15. The Labute approximate surface area is 213 Å². The number of carbonyl (C=O) groups excluding carboxylic acids is 4. The van der Waals surface area contributed by atoms with Crippen molar-refractivity contribution in [2.75, 3.05) is 6.54 Å². The molecule has 2 atom stereocenters. The molecule has 0 bridgehead atoms. The Kier molecular flexibility index (Phi) is 5.58. The molecule has 2 aromatic carbocycles. The second-order valence-corrected chi connectivity index (χ2v) is 9.66. The van der Waals surface area contributed by atoms with Crippen LogP contribution >= 0.6 is 0 Å². The van der Waals surface area contributed by atoms with Crippen molar-refractivity contribution in [2.24, 2.45) is 0 Å². The minimum Gasteiger partial charge on any atom is -0.330 e. The van der Waals surface area contributed by atoms with Gasteiger partial charge in [-0.15, -0.1) is 5.10 Å². The van der Waals surface area contributed by atoms with Crippen LogP contribution in [0, 0.1) is 0 Å². The average molecular weight is 499 g/mol. The molecule has 3 aromatic rings. The maximum atomic E-state index is 13.4. The highest BCUT2D eigenvalue weighted by Crippen LogP contribution is 2.33. The Balaban J connectivity index is 1.22. The van der Waals surface area contributed by atoms with Crippen LogP contribution < -0.4 is 5.32 Å². The van der Waals surface area contributed by atoms with E-state index in [1.54, 1.807) is 18.3 Å². The van der Waals surface area contributed by atoms with E-state index in [9.17, 15) is 19.2 Å². The number of amides is 4. The average Bonchev–Trinajstić information content (AvgIpc) is 3.53. The van der Waals surface area contributed by atoms with E-state index in [4.69, 9.17) is 0 Å². The Morgan fingerprint density at radius 1 is 1.08 bits per heavy atom. The molecule has 3 aliphatic heterocycles. The normalized spacial score (nSPS) is 21.1. The molecule has 0 radical (unpaired) electrons. The zero-order valence-electron chi connectivity index (χ0n) is 20.4. The summed E-state index contributed by atoms with van der Waals surface area (Å²) in [4.78, 5) is 53.6. The Bertz CT molecular complexity index is 1450. The second-order valence-electron chi connectivity index (χ2n) is 9.66. The largest absolute Gasteiger partial charge is 0.330 e. The van der Waals surface area contributed by atoms with Gasteiger partial charge < -0.3 is 9.80 Å². The molecule has 37 heavy (non-hydrogen) atoms. The predicted molar refractivity (Wildman–Crippen MR) is 132 cm³/mol. The molecule has 1 N–H and O–H groups in total. The van der Waals surface area contributed by atoms with Crippen molar-refractivity contribution in [3.63, 3.8) is 0 Å². The summed E-state index contributed by atoms with van der Waals surface area (Å²) in [5, 5.41) is 10.7. The van der Waals surface area contributed by atoms with Crippen molar-refractivity contribution >= 4 is 23.6 Å². The van der Waals surface area contributed by atoms with Crippen LogP contribution in [0.25, 0.3) is 5.69 Å². The number of hydrogen-bond donors (Lipinski definition) is 1. The van der Waals surface area contributed by atoms with E-state index >= 15 is 0 Å². The summed E-state index contributed by atoms with van der Waals surface area (Å²) in [6.45, 7) is 2.96. The fraction of sp³-hybridized carbons (Fsp3) is 0.333. The summed E-state index contributed by atoms with van der Waals surface area (Å²) < 4.78 is 1.53. The van der Waals surface area contributed by atoms with Crippen molar-refractivity contribution in [3.05, 3.63) is 76.6 Å². The maximum Gasteiger partial charge on any atom is 0.276 e. The number of nitrogens with one attached hydrogen (secondary N) is 1. The highest BCUT2D eigenvalue weighted by atomic mass is 16.2. The van der Waals surface area contributed by atoms with Gasteiger partial charge in [0.2, 0.25) is 11.8 Å². The number of hydrogen-bond acceptors (Lipinski definition) is 6. The first kappa shape index (κ1) is 23.1. The molecule has 0 saturated carbocycles. The third-order valence-corrected chi connectivity index (χ3v) is 7.54. The lowest BCUT2D eigenvalue weighted by atomic mass is 9.91. The lowest BCUT2D eigenvalue weighted by molar-refractivity contribution is -0.136. The summed E-state index contributed by atoms with van der Waals surface area (Å²) in [6, 6.07) is 12.9. The fourth-order valence-electron chi connectivity index (χ4n) is 5.67. The maximum absolute atomic E-state index is 13.4. The van der Waals surface area contributed by atoms with Crippen LogP contribution in [0.5, 0.6) is 0 Å². The van der Waals surface area contributed by atoms with Gasteiger partial charge in [0.15, 0.2) is 5.69 Å². The van der Waals surface area contributed by atoms with Crippen LogP contribution in [0.2, 0.25) is 0 Å². The van der Waals surface area contributed by atoms with Gasteiger partial charge in [-0.1, -0.05) is 36.4 Å². The Morgan fingerprint density at radius 3 is 2.73 bits per heavy atom. The molecule has 188 valence electrons. The molecular formula is C27H26N6O4. The Morgan fingerprint density at radius 2 is 1.92 bits per heavy atom. The van der Waals surface area contributed by atoms with Crippen LogP contribution in [0.3, 0.4) is 0 Å². The molecular weight excluding hydrogens is 472 g/mol. The number of aromatic nitrogens is 3. The third kappa shape index (κ3) is 3.89. The number of piperidine rings is 1. The lowest BCUT2D eigenvalue weighted by Crippen LogP contribution is -2.52. The van der Waals surface area contributed by atoms with E-state index in [-0.39, 0.29) is 42.4 Å². The predicted octanol–water partition coefficient (Wildman–Crippen LogP) is 2.18. The minimum atomic E-state index is -0.669. The molecule has 3 aliphatic rings. The number of imide groups is 1. The molecule has 1 fully saturated rings. The van der Waals surface area contributed by atoms with Crippen molar-refractivity contribution in [1.82, 2.24) is 30.1 Å². The number of carbonyl (C=O) groups is 4. The van der Waals surface area contributed by atoms with E-state index in [2.05, 4.69) is 34.7 Å². The number of rotatable bonds is 4. The second kappa shape index (κ2) is 8.95. The van der Waals surface area contributed by atoms with Crippen LogP contribution in [0.15, 0.2) is 48.7 Å². The summed E-state index contributed by atoms with van der Waals surface area (Å²) in [7, 11) is 0. The highest BCUT2D eigenvalue weighted by molar-refractivity contribution is 6.05. The topological polar surface area (TPSA) is 118 Å². The van der Waals surface area contributed by atoms with E-state index in [0.29, 0.717) is 24.2 Å². The first-order valence-corrected chi connectivity index (χ1v) is 12.5. The molecule has 1 aromatic heterocycles. The van der Waals surface area contributed by atoms with Gasteiger partial charge in [0.1, 0.15) is 6.04 Å². The van der Waals surface area contributed by atoms with Gasteiger partial charge in [0.25, 0.3) is 11.8 Å². The quantitative estimate of drug-likeness (QED) is 0.551. The molecule has 2 unspecified atom stereocenters. The smallest absolute Gasteiger partial charge is 0.276 e. The van der Waals surface area contributed by atoms with Crippen LogP contribution in [0.4, 0.5) is 0 Å². The van der Waals surface area contributed by atoms with Gasteiger partial charge in [-0.25, -0.2) is 4.68 Å². The van der Waals surface area contributed by atoms with Crippen molar-refractivity contribution in [1.29, 1.82) is 0 Å². The van der Waals surface area contributed by atoms with Crippen LogP contribution in [-0.4, -0.2) is 61.0 Å². The fourth-order valence-corrected chi connectivity index (χ4v) is 5.67. The summed E-state index contributed by atoms with van der Waals surface area (Å²) >= 11 is 0. The molecule has 4 amide bonds. The van der Waals surface area contributed by atoms with Crippen LogP contribution in [-0.2, 0) is 22.6 Å². The molecule has 6 rings (SSSR count). The Hall–Kier alpha value is -4.34. The van der Waals surface area contributed by atoms with E-state index < -0.39 is 11.9 Å². The number of benzene rings is 2. The van der Waals surface area contributed by atoms with E-state index in [1.807, 2.05) is 23.1 Å². The van der Waals surface area contributed by atoms with Crippen molar-refractivity contribution in [3.8, 4) is 5.69 Å². The van der Waals surface area contributed by atoms with Gasteiger partial charge in [-0.05, 0) is 54.2 Å². The van der Waals surface area contributed by atoms with Gasteiger partial charge in [-0.3, -0.25) is 24.5 Å². The third-order valence-electron chi connectivity index (χ3n) is 7.54. The lowest BCUT2D eigenvalue weighted by Gasteiger charge is -2.36. The molecule has 4 heterocycles. The van der Waals surface area contributed by atoms with Gasteiger partial charge in [0, 0.05) is 25.1 Å². The van der Waals surface area contributed by atoms with E-state index in [1.165, 1.54) is 20.7 Å². The van der Waals surface area contributed by atoms with Gasteiger partial charge >= 0.3 is 0 Å². The molecule has 0 aliphatic carbocycles. The first-order valence-electron chi connectivity index (χ1n) is 12.5. The van der Waals surface area contributed by atoms with Crippen molar-refractivity contribution in [2.45, 2.75) is 51.2 Å². The SMILES string of the molecule is CCC1c2ccccc2CCN1C(=O)c1cn(-c2ccc3c(c2)CN(C2CCC(=O)NC2=O)C3=O)nn1. The highest BCUT2D eigenvalue weighted by Gasteiger charge is 2.39. The minimum absolute atomic E-state index is 0.00753. The molecule has 10 heteroatoms. The first-order chi connectivity index (χ1) is 17.9. The van der Waals surface area contributed by atoms with Gasteiger partial charge in [-0.2, -0.15) is 0 Å². The zero-order valence-corrected chi connectivity index (χ0v) is 20.4.